The lowest BCUT2D eigenvalue weighted by atomic mass is 10.00. The minimum Gasteiger partial charge on any atom is -0.391 e. The topological polar surface area (TPSA) is 57.4 Å². The number of aliphatic hydroxyl groups is 1. The molecule has 3 aliphatic rings. The van der Waals surface area contributed by atoms with Gasteiger partial charge in [-0.15, -0.1) is 0 Å². The maximum atomic E-state index is 10.6. The van der Waals surface area contributed by atoms with Gasteiger partial charge in [0, 0.05) is 51.7 Å². The maximum absolute atomic E-state index is 10.6. The van der Waals surface area contributed by atoms with Crippen molar-refractivity contribution in [1.29, 1.82) is 0 Å². The van der Waals surface area contributed by atoms with Crippen LogP contribution in [0, 0.1) is 5.92 Å². The van der Waals surface area contributed by atoms with Crippen LogP contribution in [0.4, 0.5) is 0 Å². The van der Waals surface area contributed by atoms with Crippen LogP contribution in [0.3, 0.4) is 0 Å². The Balaban J connectivity index is 1.64. The van der Waals surface area contributed by atoms with E-state index in [4.69, 9.17) is 0 Å². The summed E-state index contributed by atoms with van der Waals surface area (Å²) in [5, 5.41) is 14.8. The van der Waals surface area contributed by atoms with Gasteiger partial charge in [0.05, 0.1) is 6.10 Å². The minimum absolute atomic E-state index is 0.252. The zero-order valence-corrected chi connectivity index (χ0v) is 12.4. The fraction of sp³-hybridized carbons (Fsp3) is 0.857. The van der Waals surface area contributed by atoms with Gasteiger partial charge in [0.25, 0.3) is 0 Å². The Morgan fingerprint density at radius 2 is 2.05 bits per heavy atom. The van der Waals surface area contributed by atoms with Gasteiger partial charge in [-0.1, -0.05) is 13.8 Å². The lowest BCUT2D eigenvalue weighted by Crippen LogP contribution is -2.64. The number of hydrogen-bond acceptors (Lipinski definition) is 5. The van der Waals surface area contributed by atoms with Gasteiger partial charge in [0.1, 0.15) is 12.2 Å². The Bertz CT molecular complexity index is 439. The van der Waals surface area contributed by atoms with Gasteiger partial charge in [-0.05, 0) is 5.92 Å². The van der Waals surface area contributed by atoms with Crippen LogP contribution in [0.1, 0.15) is 19.7 Å². The Kier molecular flexibility index (Phi) is 4.05. The van der Waals surface area contributed by atoms with E-state index in [1.807, 2.05) is 4.68 Å². The average Bonchev–Trinajstić information content (AvgIpc) is 2.86. The van der Waals surface area contributed by atoms with Crippen molar-refractivity contribution in [2.24, 2.45) is 5.92 Å². The molecule has 112 valence electrons. The summed E-state index contributed by atoms with van der Waals surface area (Å²) in [7, 11) is 0. The fourth-order valence-electron chi connectivity index (χ4n) is 3.29. The highest BCUT2D eigenvalue weighted by atomic mass is 16.3. The molecule has 0 radical (unpaired) electrons. The van der Waals surface area contributed by atoms with Gasteiger partial charge in [-0.25, -0.2) is 9.67 Å². The summed E-state index contributed by atoms with van der Waals surface area (Å²) in [6.07, 6.45) is 1.84. The number of aromatic nitrogens is 3. The van der Waals surface area contributed by atoms with Crippen molar-refractivity contribution in [1.82, 2.24) is 24.6 Å². The first-order valence-electron chi connectivity index (χ1n) is 7.64. The quantitative estimate of drug-likeness (QED) is 0.811. The lowest BCUT2D eigenvalue weighted by Gasteiger charge is -2.49. The maximum Gasteiger partial charge on any atom is 0.138 e. The van der Waals surface area contributed by atoms with Crippen molar-refractivity contribution >= 4 is 0 Å². The first-order valence-corrected chi connectivity index (χ1v) is 7.64. The third-order valence-electron chi connectivity index (χ3n) is 4.39. The molecule has 0 aliphatic carbocycles. The molecule has 0 spiro atoms. The third-order valence-corrected chi connectivity index (χ3v) is 4.39. The number of nitrogens with zero attached hydrogens (tertiary/aromatic N) is 5. The normalized spacial score (nSPS) is 30.9. The second-order valence-electron chi connectivity index (χ2n) is 6.43. The molecular weight excluding hydrogens is 254 g/mol. The molecule has 1 aromatic rings. The number of hydrogen-bond donors (Lipinski definition) is 1. The first-order chi connectivity index (χ1) is 9.63. The smallest absolute Gasteiger partial charge is 0.138 e. The number of rotatable bonds is 5. The second-order valence-corrected chi connectivity index (χ2v) is 6.43. The van der Waals surface area contributed by atoms with E-state index in [1.165, 1.54) is 0 Å². The predicted molar refractivity (Wildman–Crippen MR) is 76.4 cm³/mol. The monoisotopic (exact) mass is 279 g/mol. The van der Waals surface area contributed by atoms with Crippen LogP contribution in [0.15, 0.2) is 6.33 Å². The van der Waals surface area contributed by atoms with E-state index in [2.05, 4.69) is 33.7 Å². The predicted octanol–water partition coefficient (Wildman–Crippen LogP) is -0.163. The van der Waals surface area contributed by atoms with Crippen molar-refractivity contribution in [3.8, 4) is 0 Å². The molecule has 0 amide bonds. The highest BCUT2D eigenvalue weighted by Gasteiger charge is 2.36. The van der Waals surface area contributed by atoms with Crippen LogP contribution in [-0.4, -0.2) is 74.5 Å². The molecule has 3 saturated heterocycles. The molecule has 6 nitrogen and oxygen atoms in total. The fourth-order valence-corrected chi connectivity index (χ4v) is 3.29. The highest BCUT2D eigenvalue weighted by molar-refractivity contribution is 4.97. The van der Waals surface area contributed by atoms with Crippen molar-refractivity contribution in [2.75, 3.05) is 32.7 Å². The second kappa shape index (κ2) is 5.79. The largest absolute Gasteiger partial charge is 0.391 e. The van der Waals surface area contributed by atoms with Crippen LogP contribution in [0.25, 0.3) is 0 Å². The number of piperazine rings is 3. The molecule has 0 saturated carbocycles. The van der Waals surface area contributed by atoms with Gasteiger partial charge < -0.3 is 5.11 Å². The van der Waals surface area contributed by atoms with Gasteiger partial charge >= 0.3 is 0 Å². The molecular formula is C14H25N5O. The molecule has 4 heterocycles. The summed E-state index contributed by atoms with van der Waals surface area (Å²) in [6.45, 7) is 10.6. The van der Waals surface area contributed by atoms with Gasteiger partial charge in [-0.3, -0.25) is 9.80 Å². The molecule has 20 heavy (non-hydrogen) atoms. The summed E-state index contributed by atoms with van der Waals surface area (Å²) >= 11 is 0. The Morgan fingerprint density at radius 3 is 2.65 bits per heavy atom. The molecule has 0 aromatic carbocycles. The molecule has 4 rings (SSSR count). The molecule has 2 bridgehead atoms. The van der Waals surface area contributed by atoms with E-state index < -0.39 is 0 Å². The van der Waals surface area contributed by atoms with Gasteiger partial charge in [-0.2, -0.15) is 5.10 Å². The van der Waals surface area contributed by atoms with Gasteiger partial charge in [0.2, 0.25) is 0 Å². The van der Waals surface area contributed by atoms with Crippen molar-refractivity contribution in [3.63, 3.8) is 0 Å². The first kappa shape index (κ1) is 14.0. The van der Waals surface area contributed by atoms with Crippen molar-refractivity contribution in [2.45, 2.75) is 39.0 Å². The molecule has 2 atom stereocenters. The minimum atomic E-state index is -0.354. The Labute approximate surface area is 120 Å². The summed E-state index contributed by atoms with van der Waals surface area (Å²) in [5.74, 6) is 1.44. The van der Waals surface area contributed by atoms with Crippen LogP contribution >= 0.6 is 0 Å². The van der Waals surface area contributed by atoms with E-state index in [0.717, 1.165) is 45.1 Å². The van der Waals surface area contributed by atoms with Crippen LogP contribution in [0.2, 0.25) is 0 Å². The third kappa shape index (κ3) is 2.87. The lowest BCUT2D eigenvalue weighted by molar-refractivity contribution is -0.0461. The van der Waals surface area contributed by atoms with E-state index in [1.54, 1.807) is 6.33 Å². The molecule has 1 aromatic heterocycles. The van der Waals surface area contributed by atoms with E-state index in [9.17, 15) is 5.11 Å². The van der Waals surface area contributed by atoms with Crippen LogP contribution in [0.5, 0.6) is 0 Å². The van der Waals surface area contributed by atoms with Gasteiger partial charge in [0.15, 0.2) is 0 Å². The van der Waals surface area contributed by atoms with Crippen LogP contribution in [-0.2, 0) is 13.0 Å². The summed E-state index contributed by atoms with van der Waals surface area (Å²) < 4.78 is 1.94. The Morgan fingerprint density at radius 1 is 1.30 bits per heavy atom. The molecule has 3 aliphatic heterocycles. The van der Waals surface area contributed by atoms with Crippen molar-refractivity contribution < 1.29 is 5.11 Å². The van der Waals surface area contributed by atoms with E-state index in [0.29, 0.717) is 12.3 Å². The number of fused-ring (bicyclic) bond motifs is 3. The Hall–Kier alpha value is -0.980. The summed E-state index contributed by atoms with van der Waals surface area (Å²) in [4.78, 5) is 9.20. The summed E-state index contributed by atoms with van der Waals surface area (Å²) in [5.41, 5.74) is 0. The summed E-state index contributed by atoms with van der Waals surface area (Å²) in [6, 6.07) is 0.252. The van der Waals surface area contributed by atoms with Crippen LogP contribution < -0.4 is 0 Å². The zero-order chi connectivity index (χ0) is 14.1. The zero-order valence-electron chi connectivity index (χ0n) is 12.4. The number of aliphatic hydroxyl groups excluding tert-OH is 1. The van der Waals surface area contributed by atoms with E-state index >= 15 is 0 Å². The van der Waals surface area contributed by atoms with Crippen molar-refractivity contribution in [3.05, 3.63) is 12.2 Å². The standard InChI is InChI=1S/C14H25N5O/c1-11(2)8-19-14(15-10-16-19)7-13(20)12-9-17-3-5-18(12)6-4-17/h10-13,20H,3-9H2,1-2H3. The van der Waals surface area contributed by atoms with E-state index in [-0.39, 0.29) is 12.1 Å². The highest BCUT2D eigenvalue weighted by Crippen LogP contribution is 2.20. The average molecular weight is 279 g/mol. The molecule has 1 N–H and O–H groups in total. The molecule has 3 fully saturated rings. The molecule has 6 heteroatoms. The molecule has 2 unspecified atom stereocenters. The SMILES string of the molecule is CC(C)Cn1ncnc1CC(O)C1CN2CCN1CC2.